The van der Waals surface area contributed by atoms with Gasteiger partial charge in [-0.25, -0.2) is 4.79 Å². The molecule has 3 aliphatic rings. The van der Waals surface area contributed by atoms with Crippen molar-refractivity contribution in [2.24, 2.45) is 0 Å². The summed E-state index contributed by atoms with van der Waals surface area (Å²) in [4.78, 5) is 13.7. The number of nitrogens with zero attached hydrogens (tertiary/aromatic N) is 1. The van der Waals surface area contributed by atoms with E-state index in [1.54, 1.807) is 0 Å². The van der Waals surface area contributed by atoms with Gasteiger partial charge >= 0.3 is 6.09 Å². The fraction of sp³-hybridized carbons (Fsp3) is 0.952. The van der Waals surface area contributed by atoms with Crippen molar-refractivity contribution in [1.82, 2.24) is 4.90 Å². The predicted molar refractivity (Wildman–Crippen MR) is 102 cm³/mol. The number of aliphatic hydroxyl groups excluding tert-OH is 1. The maximum Gasteiger partial charge on any atom is 0.410 e. The quantitative estimate of drug-likeness (QED) is 0.546. The summed E-state index contributed by atoms with van der Waals surface area (Å²) in [5.41, 5.74) is 0. The third-order valence-corrected chi connectivity index (χ3v) is 6.53. The molecule has 6 nitrogen and oxygen atoms in total. The molecule has 0 spiro atoms. The highest BCUT2D eigenvalue weighted by Crippen LogP contribution is 2.32. The van der Waals surface area contributed by atoms with Crippen LogP contribution < -0.4 is 0 Å². The first-order chi connectivity index (χ1) is 13.2. The summed E-state index contributed by atoms with van der Waals surface area (Å²) in [5.74, 6) is -0.290. The van der Waals surface area contributed by atoms with Gasteiger partial charge in [0.05, 0.1) is 25.4 Å². The summed E-state index contributed by atoms with van der Waals surface area (Å²) in [5, 5.41) is 10.0. The van der Waals surface area contributed by atoms with E-state index in [0.717, 1.165) is 51.7 Å². The first-order valence-electron chi connectivity index (χ1n) is 11.1. The molecule has 0 unspecified atom stereocenters. The highest BCUT2D eigenvalue weighted by atomic mass is 16.7. The van der Waals surface area contributed by atoms with Gasteiger partial charge in [0.25, 0.3) is 0 Å². The summed E-state index contributed by atoms with van der Waals surface area (Å²) in [7, 11) is 0. The lowest BCUT2D eigenvalue weighted by molar-refractivity contribution is -0.164. The third-order valence-electron chi connectivity index (χ3n) is 6.53. The van der Waals surface area contributed by atoms with E-state index in [-0.39, 0.29) is 24.0 Å². The van der Waals surface area contributed by atoms with Gasteiger partial charge in [-0.3, -0.25) is 4.90 Å². The summed E-state index contributed by atoms with van der Waals surface area (Å²) >= 11 is 0. The number of cyclic esters (lactones) is 1. The molecule has 0 bridgehead atoms. The molecule has 1 amide bonds. The number of carbonyl (C=O) groups excluding carboxylic acids is 1. The number of unbranched alkanes of at least 4 members (excludes halogenated alkanes) is 6. The van der Waals surface area contributed by atoms with E-state index in [2.05, 4.69) is 6.92 Å². The smallest absolute Gasteiger partial charge is 0.410 e. The molecule has 0 radical (unpaired) electrons. The minimum atomic E-state index is -0.417. The number of fused-ring (bicyclic) bond motifs is 1. The summed E-state index contributed by atoms with van der Waals surface area (Å²) < 4.78 is 16.7. The highest BCUT2D eigenvalue weighted by Gasteiger charge is 2.44. The van der Waals surface area contributed by atoms with Crippen LogP contribution in [0.4, 0.5) is 4.79 Å². The number of hydrogen-bond donors (Lipinski definition) is 1. The molecule has 3 saturated heterocycles. The molecular formula is C21H37NO5. The number of aliphatic hydroxyl groups is 1. The van der Waals surface area contributed by atoms with E-state index in [9.17, 15) is 9.90 Å². The molecule has 3 atom stereocenters. The first kappa shape index (κ1) is 20.9. The zero-order chi connectivity index (χ0) is 19.1. The molecule has 3 heterocycles. The van der Waals surface area contributed by atoms with Crippen LogP contribution in [0.1, 0.15) is 84.0 Å². The van der Waals surface area contributed by atoms with Crippen molar-refractivity contribution in [3.8, 4) is 0 Å². The number of piperidine rings is 1. The maximum atomic E-state index is 11.9. The fourth-order valence-electron chi connectivity index (χ4n) is 4.82. The van der Waals surface area contributed by atoms with Gasteiger partial charge in [-0.2, -0.15) is 0 Å². The molecule has 156 valence electrons. The van der Waals surface area contributed by atoms with Gasteiger partial charge in [0, 0.05) is 12.5 Å². The molecule has 0 saturated carbocycles. The molecule has 3 fully saturated rings. The van der Waals surface area contributed by atoms with Crippen LogP contribution in [-0.2, 0) is 14.2 Å². The van der Waals surface area contributed by atoms with Crippen LogP contribution in [0.25, 0.3) is 0 Å². The van der Waals surface area contributed by atoms with Gasteiger partial charge in [0.1, 0.15) is 6.61 Å². The predicted octanol–water partition coefficient (Wildman–Crippen LogP) is 3.99. The highest BCUT2D eigenvalue weighted by molar-refractivity contribution is 5.70. The Hall–Kier alpha value is -0.850. The van der Waals surface area contributed by atoms with Crippen LogP contribution in [0.5, 0.6) is 0 Å². The second-order valence-corrected chi connectivity index (χ2v) is 8.32. The number of amides is 1. The average Bonchev–Trinajstić information content (AvgIpc) is 3.30. The van der Waals surface area contributed by atoms with Crippen molar-refractivity contribution in [3.63, 3.8) is 0 Å². The SMILES string of the molecule is CCC1(CCCCCCCCC[C@@H]2CC[C@H](O)[C@H]3COC(=O)N23)OCCO1. The minimum Gasteiger partial charge on any atom is -0.447 e. The Bertz CT molecular complexity index is 465. The van der Waals surface area contributed by atoms with Gasteiger partial charge < -0.3 is 19.3 Å². The van der Waals surface area contributed by atoms with Gasteiger partial charge in [-0.1, -0.05) is 45.4 Å². The Morgan fingerprint density at radius 2 is 1.70 bits per heavy atom. The standard InChI is InChI=1S/C21H37NO5/c1-2-21(26-14-15-27-21)13-9-7-5-3-4-6-8-10-17-11-12-19(23)18-16-25-20(24)22(17)18/h17-19,23H,2-16H2,1H3/t17-,18-,19+/m1/s1. The van der Waals surface area contributed by atoms with E-state index >= 15 is 0 Å². The van der Waals surface area contributed by atoms with Gasteiger partial charge in [0.15, 0.2) is 5.79 Å². The van der Waals surface area contributed by atoms with Crippen LogP contribution in [0.15, 0.2) is 0 Å². The Balaban J connectivity index is 1.21. The zero-order valence-electron chi connectivity index (χ0n) is 16.9. The number of carbonyl (C=O) groups is 1. The molecule has 3 rings (SSSR count). The number of rotatable bonds is 11. The molecular weight excluding hydrogens is 346 g/mol. The second-order valence-electron chi connectivity index (χ2n) is 8.32. The topological polar surface area (TPSA) is 68.2 Å². The first-order valence-corrected chi connectivity index (χ1v) is 11.1. The van der Waals surface area contributed by atoms with Crippen LogP contribution in [0.2, 0.25) is 0 Å². The lowest BCUT2D eigenvalue weighted by Crippen LogP contribution is -2.52. The normalized spacial score (nSPS) is 29.8. The molecule has 0 aliphatic carbocycles. The van der Waals surface area contributed by atoms with Crippen LogP contribution in [0, 0.1) is 0 Å². The van der Waals surface area contributed by atoms with E-state index < -0.39 is 6.10 Å². The number of ether oxygens (including phenoxy) is 3. The third kappa shape index (κ3) is 5.36. The van der Waals surface area contributed by atoms with Crippen LogP contribution in [-0.4, -0.2) is 59.9 Å². The van der Waals surface area contributed by atoms with E-state index in [1.807, 2.05) is 4.90 Å². The Morgan fingerprint density at radius 3 is 2.41 bits per heavy atom. The Morgan fingerprint density at radius 1 is 1.04 bits per heavy atom. The second kappa shape index (κ2) is 10.1. The van der Waals surface area contributed by atoms with Crippen molar-refractivity contribution in [2.75, 3.05) is 19.8 Å². The van der Waals surface area contributed by atoms with Gasteiger partial charge in [-0.05, 0) is 32.1 Å². The maximum absolute atomic E-state index is 11.9. The average molecular weight is 384 g/mol. The van der Waals surface area contributed by atoms with Gasteiger partial charge in [-0.15, -0.1) is 0 Å². The lowest BCUT2D eigenvalue weighted by atomic mass is 9.91. The summed E-state index contributed by atoms with van der Waals surface area (Å²) in [6.07, 6.45) is 12.6. The molecule has 0 aromatic heterocycles. The molecule has 0 aromatic rings. The van der Waals surface area contributed by atoms with E-state index in [4.69, 9.17) is 14.2 Å². The fourth-order valence-corrected chi connectivity index (χ4v) is 4.82. The van der Waals surface area contributed by atoms with E-state index in [0.29, 0.717) is 6.61 Å². The molecule has 3 aliphatic heterocycles. The van der Waals surface area contributed by atoms with Crippen molar-refractivity contribution in [1.29, 1.82) is 0 Å². The summed E-state index contributed by atoms with van der Waals surface area (Å²) in [6.45, 7) is 3.97. The molecule has 27 heavy (non-hydrogen) atoms. The van der Waals surface area contributed by atoms with Gasteiger partial charge in [0.2, 0.25) is 0 Å². The minimum absolute atomic E-state index is 0.115. The zero-order valence-corrected chi connectivity index (χ0v) is 16.9. The van der Waals surface area contributed by atoms with E-state index in [1.165, 1.54) is 38.5 Å². The summed E-state index contributed by atoms with van der Waals surface area (Å²) in [6, 6.07) is 0.139. The Kier molecular flexibility index (Phi) is 7.79. The monoisotopic (exact) mass is 383 g/mol. The van der Waals surface area contributed by atoms with Crippen molar-refractivity contribution >= 4 is 6.09 Å². The number of hydrogen-bond acceptors (Lipinski definition) is 5. The van der Waals surface area contributed by atoms with Crippen molar-refractivity contribution in [2.45, 2.75) is 108 Å². The largest absolute Gasteiger partial charge is 0.447 e. The van der Waals surface area contributed by atoms with Crippen LogP contribution >= 0.6 is 0 Å². The van der Waals surface area contributed by atoms with Crippen molar-refractivity contribution < 1.29 is 24.1 Å². The molecule has 1 N–H and O–H groups in total. The molecule has 6 heteroatoms. The lowest BCUT2D eigenvalue weighted by Gasteiger charge is -2.38. The van der Waals surface area contributed by atoms with Crippen LogP contribution in [0.3, 0.4) is 0 Å². The van der Waals surface area contributed by atoms with Crippen molar-refractivity contribution in [3.05, 3.63) is 0 Å². The Labute approximate surface area is 163 Å². The molecule has 0 aromatic carbocycles.